The van der Waals surface area contributed by atoms with Gasteiger partial charge in [0.05, 0.1) is 12.0 Å². The molecule has 0 aliphatic carbocycles. The normalized spacial score (nSPS) is 21.9. The lowest BCUT2D eigenvalue weighted by Crippen LogP contribution is -2.54. The number of hydrogen-bond acceptors (Lipinski definition) is 4. The van der Waals surface area contributed by atoms with Crippen molar-refractivity contribution >= 4 is 23.8 Å². The number of carbonyl (C=O) groups excluding carboxylic acids is 1. The van der Waals surface area contributed by atoms with Gasteiger partial charge in [0.2, 0.25) is 0 Å². The number of carboxylic acids is 1. The van der Waals surface area contributed by atoms with Crippen molar-refractivity contribution in [2.24, 2.45) is 0 Å². The number of aliphatic carboxylic acids is 1. The van der Waals surface area contributed by atoms with Gasteiger partial charge in [0.15, 0.2) is 0 Å². The quantitative estimate of drug-likeness (QED) is 0.778. The van der Waals surface area contributed by atoms with E-state index in [9.17, 15) is 14.7 Å². The van der Waals surface area contributed by atoms with Gasteiger partial charge in [0.25, 0.3) is 0 Å². The van der Waals surface area contributed by atoms with Crippen LogP contribution in [0.25, 0.3) is 0 Å². The Kier molecular flexibility index (Phi) is 7.31. The predicted molar refractivity (Wildman–Crippen MR) is 83.5 cm³/mol. The second-order valence-corrected chi connectivity index (χ2v) is 6.61. The van der Waals surface area contributed by atoms with Crippen molar-refractivity contribution in [2.75, 3.05) is 26.0 Å². The SMILES string of the molecule is CCCC1SCC(C(=O)O)N1C(=O)N(CCOC)C(C)C. The van der Waals surface area contributed by atoms with Crippen LogP contribution in [0, 0.1) is 0 Å². The highest BCUT2D eigenvalue weighted by atomic mass is 32.2. The van der Waals surface area contributed by atoms with Crippen LogP contribution in [0.2, 0.25) is 0 Å². The molecule has 0 radical (unpaired) electrons. The summed E-state index contributed by atoms with van der Waals surface area (Å²) in [6, 6.07) is -0.921. The molecular formula is C14H26N2O4S. The molecule has 1 fully saturated rings. The van der Waals surface area contributed by atoms with Crippen molar-refractivity contribution < 1.29 is 19.4 Å². The van der Waals surface area contributed by atoms with Gasteiger partial charge in [-0.15, -0.1) is 11.8 Å². The number of hydrogen-bond donors (Lipinski definition) is 1. The van der Waals surface area contributed by atoms with E-state index in [1.165, 1.54) is 0 Å². The molecule has 21 heavy (non-hydrogen) atoms. The molecule has 1 rings (SSSR count). The minimum atomic E-state index is -0.926. The van der Waals surface area contributed by atoms with E-state index in [0.29, 0.717) is 18.9 Å². The van der Waals surface area contributed by atoms with Gasteiger partial charge in [-0.05, 0) is 20.3 Å². The zero-order chi connectivity index (χ0) is 16.0. The number of amides is 2. The van der Waals surface area contributed by atoms with Crippen LogP contribution >= 0.6 is 11.8 Å². The van der Waals surface area contributed by atoms with E-state index in [-0.39, 0.29) is 17.4 Å². The Morgan fingerprint density at radius 1 is 1.48 bits per heavy atom. The third kappa shape index (κ3) is 4.51. The van der Waals surface area contributed by atoms with E-state index in [4.69, 9.17) is 4.74 Å². The third-order valence-corrected chi connectivity index (χ3v) is 4.90. The molecule has 6 nitrogen and oxygen atoms in total. The number of carboxylic acid groups (broad SMARTS) is 1. The lowest BCUT2D eigenvalue weighted by atomic mass is 10.2. The monoisotopic (exact) mass is 318 g/mol. The molecular weight excluding hydrogens is 292 g/mol. The number of ether oxygens (including phenoxy) is 1. The number of methoxy groups -OCH3 is 1. The van der Waals surface area contributed by atoms with Crippen LogP contribution in [0.1, 0.15) is 33.6 Å². The summed E-state index contributed by atoms with van der Waals surface area (Å²) in [4.78, 5) is 27.5. The van der Waals surface area contributed by atoms with Crippen molar-refractivity contribution in [1.29, 1.82) is 0 Å². The zero-order valence-electron chi connectivity index (χ0n) is 13.2. The first-order valence-electron chi connectivity index (χ1n) is 7.36. The molecule has 1 aliphatic heterocycles. The molecule has 0 bridgehead atoms. The molecule has 1 N–H and O–H groups in total. The summed E-state index contributed by atoms with van der Waals surface area (Å²) in [5.74, 6) is -0.466. The first kappa shape index (κ1) is 18.1. The highest BCUT2D eigenvalue weighted by Gasteiger charge is 2.43. The van der Waals surface area contributed by atoms with Gasteiger partial charge in [-0.2, -0.15) is 0 Å². The summed E-state index contributed by atoms with van der Waals surface area (Å²) in [7, 11) is 1.59. The van der Waals surface area contributed by atoms with E-state index in [2.05, 4.69) is 0 Å². The van der Waals surface area contributed by atoms with Crippen molar-refractivity contribution in [2.45, 2.75) is 51.1 Å². The first-order chi connectivity index (χ1) is 9.93. The maximum absolute atomic E-state index is 12.8. The molecule has 0 spiro atoms. The minimum Gasteiger partial charge on any atom is -0.480 e. The maximum atomic E-state index is 12.8. The van der Waals surface area contributed by atoms with Crippen LogP contribution in [-0.4, -0.2) is 70.4 Å². The average molecular weight is 318 g/mol. The van der Waals surface area contributed by atoms with Crippen LogP contribution in [-0.2, 0) is 9.53 Å². The van der Waals surface area contributed by atoms with Crippen molar-refractivity contribution in [1.82, 2.24) is 9.80 Å². The summed E-state index contributed by atoms with van der Waals surface area (Å²) in [6.45, 7) is 6.83. The smallest absolute Gasteiger partial charge is 0.327 e. The summed E-state index contributed by atoms with van der Waals surface area (Å²) in [5.41, 5.74) is 0. The van der Waals surface area contributed by atoms with Gasteiger partial charge in [0.1, 0.15) is 6.04 Å². The number of rotatable bonds is 7. The molecule has 2 amide bonds. The fraction of sp³-hybridized carbons (Fsp3) is 0.857. The summed E-state index contributed by atoms with van der Waals surface area (Å²) in [5, 5.41) is 9.32. The fourth-order valence-corrected chi connectivity index (χ4v) is 3.90. The molecule has 0 aromatic carbocycles. The Labute approximate surface area is 130 Å². The van der Waals surface area contributed by atoms with Crippen LogP contribution in [0.3, 0.4) is 0 Å². The zero-order valence-corrected chi connectivity index (χ0v) is 14.1. The van der Waals surface area contributed by atoms with Gasteiger partial charge in [0, 0.05) is 25.4 Å². The molecule has 1 heterocycles. The van der Waals surface area contributed by atoms with Gasteiger partial charge in [-0.3, -0.25) is 4.90 Å². The number of carbonyl (C=O) groups is 2. The molecule has 122 valence electrons. The highest BCUT2D eigenvalue weighted by molar-refractivity contribution is 8.00. The predicted octanol–water partition coefficient (Wildman–Crippen LogP) is 2.09. The van der Waals surface area contributed by atoms with Gasteiger partial charge < -0.3 is 14.7 Å². The molecule has 0 saturated carbocycles. The molecule has 0 aromatic heterocycles. The minimum absolute atomic E-state index is 0.00923. The maximum Gasteiger partial charge on any atom is 0.327 e. The number of nitrogens with zero attached hydrogens (tertiary/aromatic N) is 2. The molecule has 1 aliphatic rings. The lowest BCUT2D eigenvalue weighted by Gasteiger charge is -2.35. The number of thioether (sulfide) groups is 1. The summed E-state index contributed by atoms with van der Waals surface area (Å²) >= 11 is 1.56. The Bertz CT molecular complexity index is 365. The molecule has 2 unspecified atom stereocenters. The van der Waals surface area contributed by atoms with Gasteiger partial charge >= 0.3 is 12.0 Å². The van der Waals surface area contributed by atoms with Crippen LogP contribution in [0.5, 0.6) is 0 Å². The van der Waals surface area contributed by atoms with Crippen LogP contribution < -0.4 is 0 Å². The largest absolute Gasteiger partial charge is 0.480 e. The molecule has 1 saturated heterocycles. The van der Waals surface area contributed by atoms with E-state index >= 15 is 0 Å². The molecule has 2 atom stereocenters. The standard InChI is InChI=1S/C14H26N2O4S/c1-5-6-12-16(11(9-21-12)13(17)18)14(19)15(10(2)3)7-8-20-4/h10-12H,5-9H2,1-4H3,(H,17,18). The number of urea groups is 1. The Balaban J connectivity index is 2.92. The van der Waals surface area contributed by atoms with Crippen LogP contribution in [0.4, 0.5) is 4.79 Å². The van der Waals surface area contributed by atoms with Gasteiger partial charge in [-0.1, -0.05) is 13.3 Å². The first-order valence-corrected chi connectivity index (χ1v) is 8.41. The second kappa shape index (κ2) is 8.48. The molecule has 7 heteroatoms. The Morgan fingerprint density at radius 3 is 2.62 bits per heavy atom. The van der Waals surface area contributed by atoms with Crippen LogP contribution in [0.15, 0.2) is 0 Å². The van der Waals surface area contributed by atoms with E-state index in [0.717, 1.165) is 12.8 Å². The lowest BCUT2D eigenvalue weighted by molar-refractivity contribution is -0.141. The summed E-state index contributed by atoms with van der Waals surface area (Å²) < 4.78 is 5.05. The highest BCUT2D eigenvalue weighted by Crippen LogP contribution is 2.33. The average Bonchev–Trinajstić information content (AvgIpc) is 2.83. The topological polar surface area (TPSA) is 70.1 Å². The van der Waals surface area contributed by atoms with E-state index in [1.54, 1.807) is 28.7 Å². The van der Waals surface area contributed by atoms with E-state index < -0.39 is 12.0 Å². The third-order valence-electron chi connectivity index (χ3n) is 3.54. The van der Waals surface area contributed by atoms with Crippen molar-refractivity contribution in [3.8, 4) is 0 Å². The van der Waals surface area contributed by atoms with Gasteiger partial charge in [-0.25, -0.2) is 9.59 Å². The Morgan fingerprint density at radius 2 is 2.14 bits per heavy atom. The van der Waals surface area contributed by atoms with Crippen molar-refractivity contribution in [3.05, 3.63) is 0 Å². The van der Waals surface area contributed by atoms with E-state index in [1.807, 2.05) is 20.8 Å². The summed E-state index contributed by atoms with van der Waals surface area (Å²) in [6.07, 6.45) is 1.74. The fourth-order valence-electron chi connectivity index (χ4n) is 2.39. The Hall–Kier alpha value is -0.950. The molecule has 0 aromatic rings. The van der Waals surface area contributed by atoms with Crippen molar-refractivity contribution in [3.63, 3.8) is 0 Å². The second-order valence-electron chi connectivity index (χ2n) is 5.40.